The quantitative estimate of drug-likeness (QED) is 0.243. The fourth-order valence-electron chi connectivity index (χ4n) is 5.37. The highest BCUT2D eigenvalue weighted by molar-refractivity contribution is 6.09. The van der Waals surface area contributed by atoms with Gasteiger partial charge in [0.2, 0.25) is 5.95 Å². The third kappa shape index (κ3) is 3.39. The number of para-hydroxylation sites is 6. The smallest absolute Gasteiger partial charge is 0.237 e. The first-order valence-electron chi connectivity index (χ1n) is 12.8. The van der Waals surface area contributed by atoms with Crippen LogP contribution in [0.25, 0.3) is 39.0 Å². The number of fused-ring (bicyclic) bond motifs is 5. The summed E-state index contributed by atoms with van der Waals surface area (Å²) in [7, 11) is 0. The number of hydrogen-bond acceptors (Lipinski definition) is 5. The molecule has 0 N–H and O–H groups in total. The molecule has 4 heterocycles. The predicted molar refractivity (Wildman–Crippen MR) is 154 cm³/mol. The summed E-state index contributed by atoms with van der Waals surface area (Å²) in [4.78, 5) is 17.0. The van der Waals surface area contributed by atoms with Gasteiger partial charge in [0.05, 0.1) is 33.8 Å². The van der Waals surface area contributed by atoms with Crippen molar-refractivity contribution in [3.8, 4) is 28.7 Å². The van der Waals surface area contributed by atoms with Gasteiger partial charge in [-0.2, -0.15) is 4.98 Å². The highest BCUT2D eigenvalue weighted by Gasteiger charge is 2.28. The lowest BCUT2D eigenvalue weighted by Crippen LogP contribution is -2.19. The van der Waals surface area contributed by atoms with Gasteiger partial charge in [-0.15, -0.1) is 0 Å². The molecular weight excluding hydrogens is 482 g/mol. The van der Waals surface area contributed by atoms with Crippen molar-refractivity contribution in [3.63, 3.8) is 0 Å². The lowest BCUT2D eigenvalue weighted by Gasteiger charge is -2.31. The summed E-state index contributed by atoms with van der Waals surface area (Å²) in [5.41, 5.74) is 5.43. The lowest BCUT2D eigenvalue weighted by atomic mass is 10.1. The van der Waals surface area contributed by atoms with Crippen LogP contribution in [0.3, 0.4) is 0 Å². The Morgan fingerprint density at radius 1 is 0.538 bits per heavy atom. The number of hydrogen-bond donors (Lipinski definition) is 0. The Labute approximate surface area is 224 Å². The van der Waals surface area contributed by atoms with Gasteiger partial charge in [-0.1, -0.05) is 66.7 Å². The van der Waals surface area contributed by atoms with Crippen LogP contribution in [0.2, 0.25) is 0 Å². The average molecular weight is 504 g/mol. The molecule has 0 aliphatic carbocycles. The second-order valence-electron chi connectivity index (χ2n) is 9.37. The van der Waals surface area contributed by atoms with E-state index in [2.05, 4.69) is 63.0 Å². The second kappa shape index (κ2) is 8.53. The maximum absolute atomic E-state index is 6.25. The van der Waals surface area contributed by atoms with Crippen LogP contribution in [0, 0.1) is 0 Å². The molecule has 6 heteroatoms. The van der Waals surface area contributed by atoms with Crippen LogP contribution in [-0.4, -0.2) is 19.5 Å². The molecule has 1 aliphatic rings. The Bertz CT molecular complexity index is 1920. The summed E-state index contributed by atoms with van der Waals surface area (Å²) in [6, 6.07) is 40.7. The summed E-state index contributed by atoms with van der Waals surface area (Å²) in [6.07, 6.45) is 1.79. The highest BCUT2D eigenvalue weighted by atomic mass is 16.5. The zero-order chi connectivity index (χ0) is 25.8. The van der Waals surface area contributed by atoms with Crippen molar-refractivity contribution in [3.05, 3.63) is 128 Å². The van der Waals surface area contributed by atoms with Gasteiger partial charge >= 0.3 is 0 Å². The summed E-state index contributed by atoms with van der Waals surface area (Å²) in [5.74, 6) is 2.81. The molecule has 6 nitrogen and oxygen atoms in total. The molecule has 0 saturated carbocycles. The molecule has 0 saturated heterocycles. The minimum absolute atomic E-state index is 0.540. The molecule has 1 aliphatic heterocycles. The van der Waals surface area contributed by atoms with E-state index in [1.54, 1.807) is 6.20 Å². The van der Waals surface area contributed by atoms with Crippen LogP contribution in [0.15, 0.2) is 128 Å². The molecule has 3 aromatic heterocycles. The number of rotatable bonds is 3. The molecule has 0 fully saturated rings. The van der Waals surface area contributed by atoms with Crippen LogP contribution >= 0.6 is 0 Å². The van der Waals surface area contributed by atoms with Crippen molar-refractivity contribution < 1.29 is 4.74 Å². The number of benzene rings is 4. The molecule has 0 radical (unpaired) electrons. The van der Waals surface area contributed by atoms with Gasteiger partial charge in [0.15, 0.2) is 11.5 Å². The zero-order valence-electron chi connectivity index (χ0n) is 20.8. The fraction of sp³-hybridized carbons (Fsp3) is 0. The molecule has 0 unspecified atom stereocenters. The molecule has 4 aromatic carbocycles. The SMILES string of the molecule is c1ccc(-c2cc(-n3c4ccccc4c4ccccc43)nc(N3c4ccccc4Oc4ccccc43)n2)nc1. The molecule has 7 aromatic rings. The van der Waals surface area contributed by atoms with Crippen molar-refractivity contribution in [2.24, 2.45) is 0 Å². The predicted octanol–water partition coefficient (Wildman–Crippen LogP) is 8.21. The zero-order valence-corrected chi connectivity index (χ0v) is 20.8. The van der Waals surface area contributed by atoms with E-state index >= 15 is 0 Å². The fourth-order valence-corrected chi connectivity index (χ4v) is 5.37. The molecule has 0 atom stereocenters. The molecule has 0 spiro atoms. The lowest BCUT2D eigenvalue weighted by molar-refractivity contribution is 0.476. The molecule has 8 rings (SSSR count). The van der Waals surface area contributed by atoms with Crippen LogP contribution < -0.4 is 9.64 Å². The van der Waals surface area contributed by atoms with E-state index in [9.17, 15) is 0 Å². The molecule has 39 heavy (non-hydrogen) atoms. The normalized spacial score (nSPS) is 12.3. The third-order valence-electron chi connectivity index (χ3n) is 7.07. The van der Waals surface area contributed by atoms with Crippen LogP contribution in [-0.2, 0) is 0 Å². The van der Waals surface area contributed by atoms with E-state index < -0.39 is 0 Å². The number of anilines is 3. The molecular formula is C33H21N5O. The molecule has 0 amide bonds. The number of ether oxygens (including phenoxy) is 1. The minimum Gasteiger partial charge on any atom is -0.453 e. The first-order valence-corrected chi connectivity index (χ1v) is 12.8. The minimum atomic E-state index is 0.540. The van der Waals surface area contributed by atoms with E-state index in [1.165, 1.54) is 10.8 Å². The number of nitrogens with zero attached hydrogens (tertiary/aromatic N) is 5. The number of pyridine rings is 1. The largest absolute Gasteiger partial charge is 0.453 e. The van der Waals surface area contributed by atoms with Crippen molar-refractivity contribution in [1.82, 2.24) is 19.5 Å². The van der Waals surface area contributed by atoms with E-state index in [0.29, 0.717) is 5.95 Å². The number of aromatic nitrogens is 4. The van der Waals surface area contributed by atoms with Crippen molar-refractivity contribution in [2.45, 2.75) is 0 Å². The van der Waals surface area contributed by atoms with Gasteiger partial charge in [0.1, 0.15) is 5.82 Å². The Morgan fingerprint density at radius 3 is 1.77 bits per heavy atom. The Morgan fingerprint density at radius 2 is 1.13 bits per heavy atom. The van der Waals surface area contributed by atoms with Crippen molar-refractivity contribution >= 4 is 39.1 Å². The second-order valence-corrected chi connectivity index (χ2v) is 9.37. The maximum Gasteiger partial charge on any atom is 0.237 e. The Balaban J connectivity index is 1.45. The first-order chi connectivity index (χ1) is 19.3. The van der Waals surface area contributed by atoms with Gasteiger partial charge < -0.3 is 4.74 Å². The van der Waals surface area contributed by atoms with E-state index in [-0.39, 0.29) is 0 Å². The third-order valence-corrected chi connectivity index (χ3v) is 7.07. The van der Waals surface area contributed by atoms with Gasteiger partial charge in [0.25, 0.3) is 0 Å². The van der Waals surface area contributed by atoms with Gasteiger partial charge in [0, 0.05) is 23.0 Å². The standard InChI is InChI=1S/C33H21N5O/c1-3-14-26-22(11-1)23-12-2-4-15-27(23)37(26)32-21-25(24-13-9-10-20-34-24)35-33(36-32)38-28-16-5-7-18-30(28)39-31-19-8-6-17-29(31)38/h1-21H. The monoisotopic (exact) mass is 503 g/mol. The summed E-state index contributed by atoms with van der Waals surface area (Å²) >= 11 is 0. The van der Waals surface area contributed by atoms with Gasteiger partial charge in [-0.25, -0.2) is 4.98 Å². The van der Waals surface area contributed by atoms with E-state index in [0.717, 1.165) is 51.1 Å². The van der Waals surface area contributed by atoms with Gasteiger partial charge in [-0.3, -0.25) is 14.5 Å². The van der Waals surface area contributed by atoms with E-state index in [1.807, 2.05) is 72.8 Å². The van der Waals surface area contributed by atoms with Crippen LogP contribution in [0.1, 0.15) is 0 Å². The van der Waals surface area contributed by atoms with Gasteiger partial charge in [-0.05, 0) is 48.5 Å². The van der Waals surface area contributed by atoms with Crippen LogP contribution in [0.4, 0.5) is 17.3 Å². The topological polar surface area (TPSA) is 56.1 Å². The molecule has 184 valence electrons. The highest BCUT2D eigenvalue weighted by Crippen LogP contribution is 2.49. The average Bonchev–Trinajstić information content (AvgIpc) is 3.34. The van der Waals surface area contributed by atoms with Crippen molar-refractivity contribution in [1.29, 1.82) is 0 Å². The maximum atomic E-state index is 6.25. The molecule has 0 bridgehead atoms. The Hall–Kier alpha value is -5.49. The Kier molecular flexibility index (Phi) is 4.72. The van der Waals surface area contributed by atoms with Crippen LogP contribution in [0.5, 0.6) is 11.5 Å². The summed E-state index contributed by atoms with van der Waals surface area (Å²) in [5, 5.41) is 2.35. The summed E-state index contributed by atoms with van der Waals surface area (Å²) in [6.45, 7) is 0. The van der Waals surface area contributed by atoms with E-state index in [4.69, 9.17) is 14.7 Å². The summed E-state index contributed by atoms with van der Waals surface area (Å²) < 4.78 is 8.46. The van der Waals surface area contributed by atoms with Crippen molar-refractivity contribution in [2.75, 3.05) is 4.90 Å². The first kappa shape index (κ1) is 21.6.